The van der Waals surface area contributed by atoms with Crippen molar-refractivity contribution in [2.45, 2.75) is 46.5 Å². The normalized spacial score (nSPS) is 33.9. The first kappa shape index (κ1) is 10.9. The van der Waals surface area contributed by atoms with Crippen LogP contribution in [0.5, 0.6) is 0 Å². The van der Waals surface area contributed by atoms with E-state index in [1.54, 1.807) is 5.57 Å². The summed E-state index contributed by atoms with van der Waals surface area (Å²) >= 11 is 0. The van der Waals surface area contributed by atoms with Gasteiger partial charge in [0.2, 0.25) is 0 Å². The second-order valence-corrected chi connectivity index (χ2v) is 5.97. The van der Waals surface area contributed by atoms with Crippen molar-refractivity contribution in [2.75, 3.05) is 0 Å². The van der Waals surface area contributed by atoms with Gasteiger partial charge in [0.25, 0.3) is 0 Å². The standard InChI is InChI=1S/C14H22O/c1-10(9-15)4-5-11-6-7-12-8-13(11)14(12,2)3/h6,9-10,12-13H,4-5,7-8H2,1-3H3/t10?,12-,13+/m1/s1. The number of carbonyl (C=O) groups excluding carboxylic acids is 1. The van der Waals surface area contributed by atoms with Crippen molar-refractivity contribution < 1.29 is 4.79 Å². The molecule has 2 bridgehead atoms. The summed E-state index contributed by atoms with van der Waals surface area (Å²) in [5, 5.41) is 0. The average Bonchev–Trinajstić information content (AvgIpc) is 2.25. The molecule has 0 heterocycles. The fraction of sp³-hybridized carbons (Fsp3) is 0.786. The van der Waals surface area contributed by atoms with Gasteiger partial charge < -0.3 is 4.79 Å². The van der Waals surface area contributed by atoms with E-state index in [4.69, 9.17) is 0 Å². The minimum Gasteiger partial charge on any atom is -0.303 e. The Morgan fingerprint density at radius 3 is 2.87 bits per heavy atom. The molecular weight excluding hydrogens is 184 g/mol. The van der Waals surface area contributed by atoms with Crippen LogP contribution in [0.3, 0.4) is 0 Å². The van der Waals surface area contributed by atoms with E-state index in [2.05, 4.69) is 19.9 Å². The van der Waals surface area contributed by atoms with Gasteiger partial charge in [-0.1, -0.05) is 32.4 Å². The highest BCUT2D eigenvalue weighted by Gasteiger charge is 2.50. The van der Waals surface area contributed by atoms with Gasteiger partial charge in [-0.05, 0) is 42.9 Å². The van der Waals surface area contributed by atoms with Gasteiger partial charge in [-0.3, -0.25) is 0 Å². The highest BCUT2D eigenvalue weighted by Crippen LogP contribution is 2.59. The Morgan fingerprint density at radius 2 is 2.33 bits per heavy atom. The van der Waals surface area contributed by atoms with Crippen LogP contribution in [0, 0.1) is 23.2 Å². The van der Waals surface area contributed by atoms with E-state index in [1.807, 2.05) is 6.92 Å². The maximum atomic E-state index is 10.6. The number of hydrogen-bond acceptors (Lipinski definition) is 1. The summed E-state index contributed by atoms with van der Waals surface area (Å²) in [7, 11) is 0. The molecule has 3 aliphatic rings. The number of hydrogen-bond donors (Lipinski definition) is 0. The molecule has 3 aliphatic carbocycles. The van der Waals surface area contributed by atoms with Crippen molar-refractivity contribution in [3.8, 4) is 0 Å². The molecule has 0 saturated heterocycles. The highest BCUT2D eigenvalue weighted by atomic mass is 16.1. The summed E-state index contributed by atoms with van der Waals surface area (Å²) in [4.78, 5) is 10.6. The lowest BCUT2D eigenvalue weighted by atomic mass is 9.48. The minimum atomic E-state index is 0.229. The maximum absolute atomic E-state index is 10.6. The van der Waals surface area contributed by atoms with E-state index < -0.39 is 0 Å². The van der Waals surface area contributed by atoms with Gasteiger partial charge in [-0.25, -0.2) is 0 Å². The highest BCUT2D eigenvalue weighted by molar-refractivity contribution is 5.52. The Labute approximate surface area is 92.9 Å². The lowest BCUT2D eigenvalue weighted by molar-refractivity contribution is -0.110. The molecule has 0 aliphatic heterocycles. The van der Waals surface area contributed by atoms with E-state index in [0.717, 1.165) is 31.0 Å². The van der Waals surface area contributed by atoms with Crippen LogP contribution in [0.15, 0.2) is 11.6 Å². The topological polar surface area (TPSA) is 17.1 Å². The van der Waals surface area contributed by atoms with Crippen LogP contribution in [0.1, 0.15) is 46.5 Å². The van der Waals surface area contributed by atoms with Crippen molar-refractivity contribution in [2.24, 2.45) is 23.2 Å². The van der Waals surface area contributed by atoms with Crippen molar-refractivity contribution in [3.63, 3.8) is 0 Å². The second-order valence-electron chi connectivity index (χ2n) is 5.97. The first-order valence-corrected chi connectivity index (χ1v) is 6.20. The molecule has 0 aromatic carbocycles. The molecule has 1 heteroatoms. The predicted molar refractivity (Wildman–Crippen MR) is 62.5 cm³/mol. The SMILES string of the molecule is CC(C=O)CCC1=CC[C@@H]2C[C@@H]1C2(C)C. The Hall–Kier alpha value is -0.590. The number of allylic oxidation sites excluding steroid dienone is 2. The van der Waals surface area contributed by atoms with Gasteiger partial charge in [0.15, 0.2) is 0 Å². The first-order chi connectivity index (χ1) is 7.05. The second kappa shape index (κ2) is 3.77. The molecule has 0 N–H and O–H groups in total. The third-order valence-corrected chi connectivity index (χ3v) is 4.70. The van der Waals surface area contributed by atoms with E-state index in [0.29, 0.717) is 5.41 Å². The maximum Gasteiger partial charge on any atom is 0.122 e. The van der Waals surface area contributed by atoms with Crippen molar-refractivity contribution in [3.05, 3.63) is 11.6 Å². The number of carbonyl (C=O) groups is 1. The minimum absolute atomic E-state index is 0.229. The number of rotatable bonds is 4. The molecule has 3 rings (SSSR count). The fourth-order valence-electron chi connectivity index (χ4n) is 3.22. The summed E-state index contributed by atoms with van der Waals surface area (Å²) in [6.45, 7) is 6.83. The molecule has 0 aromatic rings. The summed E-state index contributed by atoms with van der Waals surface area (Å²) in [6, 6.07) is 0. The molecular formula is C14H22O. The molecule has 0 amide bonds. The monoisotopic (exact) mass is 206 g/mol. The molecule has 0 aromatic heterocycles. The zero-order valence-corrected chi connectivity index (χ0v) is 10.1. The molecule has 1 fully saturated rings. The Kier molecular flexibility index (Phi) is 2.74. The zero-order valence-electron chi connectivity index (χ0n) is 10.1. The Morgan fingerprint density at radius 1 is 1.60 bits per heavy atom. The molecule has 15 heavy (non-hydrogen) atoms. The average molecular weight is 206 g/mol. The predicted octanol–water partition coefficient (Wildman–Crippen LogP) is 3.59. The summed E-state index contributed by atoms with van der Waals surface area (Å²) in [5.74, 6) is 1.97. The number of fused-ring (bicyclic) bond motifs is 1. The summed E-state index contributed by atoms with van der Waals surface area (Å²) in [6.07, 6.45) is 8.37. The lowest BCUT2D eigenvalue weighted by Gasteiger charge is -2.56. The van der Waals surface area contributed by atoms with Gasteiger partial charge in [-0.15, -0.1) is 0 Å². The Balaban J connectivity index is 1.94. The molecule has 1 unspecified atom stereocenters. The van der Waals surface area contributed by atoms with Crippen molar-refractivity contribution in [1.82, 2.24) is 0 Å². The van der Waals surface area contributed by atoms with Crippen molar-refractivity contribution in [1.29, 1.82) is 0 Å². The van der Waals surface area contributed by atoms with Gasteiger partial charge in [-0.2, -0.15) is 0 Å². The van der Waals surface area contributed by atoms with Gasteiger partial charge in [0.05, 0.1) is 0 Å². The van der Waals surface area contributed by atoms with E-state index in [9.17, 15) is 4.79 Å². The molecule has 84 valence electrons. The lowest BCUT2D eigenvalue weighted by Crippen LogP contribution is -2.48. The van der Waals surface area contributed by atoms with Crippen LogP contribution in [-0.4, -0.2) is 6.29 Å². The van der Waals surface area contributed by atoms with Gasteiger partial charge in [0, 0.05) is 5.92 Å². The molecule has 1 saturated carbocycles. The van der Waals surface area contributed by atoms with Gasteiger partial charge >= 0.3 is 0 Å². The van der Waals surface area contributed by atoms with Crippen LogP contribution in [-0.2, 0) is 4.79 Å². The fourth-order valence-corrected chi connectivity index (χ4v) is 3.22. The Bertz CT molecular complexity index is 288. The van der Waals surface area contributed by atoms with Gasteiger partial charge in [0.1, 0.15) is 6.29 Å². The summed E-state index contributed by atoms with van der Waals surface area (Å²) in [5.41, 5.74) is 2.17. The van der Waals surface area contributed by atoms with E-state index in [-0.39, 0.29) is 5.92 Å². The summed E-state index contributed by atoms with van der Waals surface area (Å²) < 4.78 is 0. The largest absolute Gasteiger partial charge is 0.303 e. The third kappa shape index (κ3) is 1.77. The smallest absolute Gasteiger partial charge is 0.122 e. The third-order valence-electron chi connectivity index (χ3n) is 4.70. The first-order valence-electron chi connectivity index (χ1n) is 6.20. The van der Waals surface area contributed by atoms with Crippen LogP contribution in [0.4, 0.5) is 0 Å². The van der Waals surface area contributed by atoms with Crippen LogP contribution >= 0.6 is 0 Å². The quantitative estimate of drug-likeness (QED) is 0.507. The number of aldehydes is 1. The van der Waals surface area contributed by atoms with E-state index >= 15 is 0 Å². The van der Waals surface area contributed by atoms with E-state index in [1.165, 1.54) is 12.8 Å². The molecule has 3 atom stereocenters. The zero-order chi connectivity index (χ0) is 11.1. The van der Waals surface area contributed by atoms with Crippen LogP contribution < -0.4 is 0 Å². The molecule has 1 nitrogen and oxygen atoms in total. The molecule has 0 spiro atoms. The van der Waals surface area contributed by atoms with Crippen LogP contribution in [0.25, 0.3) is 0 Å². The van der Waals surface area contributed by atoms with Crippen molar-refractivity contribution >= 4 is 6.29 Å². The van der Waals surface area contributed by atoms with Crippen LogP contribution in [0.2, 0.25) is 0 Å². The molecule has 0 radical (unpaired) electrons.